The van der Waals surface area contributed by atoms with Crippen LogP contribution in [0.5, 0.6) is 0 Å². The van der Waals surface area contributed by atoms with Crippen LogP contribution in [-0.4, -0.2) is 11.7 Å². The number of nitrogen functional groups attached to an aromatic ring is 1. The summed E-state index contributed by atoms with van der Waals surface area (Å²) in [5, 5.41) is 20.5. The molecule has 0 radical (unpaired) electrons. The van der Waals surface area contributed by atoms with Gasteiger partial charge in [-0.25, -0.2) is 13.8 Å². The van der Waals surface area contributed by atoms with E-state index >= 15 is 0 Å². The van der Waals surface area contributed by atoms with E-state index in [9.17, 15) is 13.6 Å². The number of aromatic amines is 1. The van der Waals surface area contributed by atoms with Crippen LogP contribution in [0.4, 0.5) is 20.3 Å². The first kappa shape index (κ1) is 17.2. The van der Waals surface area contributed by atoms with Crippen LogP contribution in [-0.2, 0) is 4.79 Å². The minimum absolute atomic E-state index is 0.0654. The van der Waals surface area contributed by atoms with E-state index in [1.165, 1.54) is 6.07 Å². The van der Waals surface area contributed by atoms with Gasteiger partial charge in [0.05, 0.1) is 11.4 Å². The number of pyridine rings is 1. The van der Waals surface area contributed by atoms with E-state index in [0.29, 0.717) is 5.03 Å². The summed E-state index contributed by atoms with van der Waals surface area (Å²) in [5.74, 6) is -2.15. The predicted molar refractivity (Wildman–Crippen MR) is 82.6 cm³/mol. The van der Waals surface area contributed by atoms with E-state index < -0.39 is 17.5 Å². The molecule has 1 aromatic heterocycles. The highest BCUT2D eigenvalue weighted by Gasteiger charge is 2.16. The second-order valence-electron chi connectivity index (χ2n) is 4.52. The van der Waals surface area contributed by atoms with Gasteiger partial charge in [-0.2, -0.15) is 10.5 Å². The summed E-state index contributed by atoms with van der Waals surface area (Å²) in [4.78, 5) is 14.5. The standard InChI is InChI=1S/C15H9F2N5OS/c16-10-1-2-11(17)12(4-10)21-13(23)7-24-15-9(6-19)3-8(5-18)14(20)22-15/h1-4H,7H2,(H2,20,22)(H,21,23)/p+1. The Morgan fingerprint density at radius 2 is 1.96 bits per heavy atom. The fourth-order valence-corrected chi connectivity index (χ4v) is 2.54. The molecule has 120 valence electrons. The number of benzene rings is 1. The molecule has 1 amide bonds. The number of aromatic nitrogens is 1. The molecule has 6 nitrogen and oxygen atoms in total. The van der Waals surface area contributed by atoms with E-state index in [-0.39, 0.29) is 28.4 Å². The van der Waals surface area contributed by atoms with E-state index in [4.69, 9.17) is 16.3 Å². The van der Waals surface area contributed by atoms with E-state index in [0.717, 1.165) is 30.0 Å². The third-order valence-corrected chi connectivity index (χ3v) is 3.88. The Morgan fingerprint density at radius 1 is 1.25 bits per heavy atom. The summed E-state index contributed by atoms with van der Waals surface area (Å²) >= 11 is 0.947. The largest absolute Gasteiger partial charge is 0.323 e. The molecular formula is C15H10F2N5OS+. The Labute approximate surface area is 139 Å². The van der Waals surface area contributed by atoms with Crippen molar-refractivity contribution in [3.63, 3.8) is 0 Å². The minimum atomic E-state index is -0.762. The number of hydrogen-bond acceptors (Lipinski definition) is 5. The van der Waals surface area contributed by atoms with Crippen LogP contribution in [0, 0.1) is 34.3 Å². The van der Waals surface area contributed by atoms with Crippen molar-refractivity contribution in [1.29, 1.82) is 10.5 Å². The van der Waals surface area contributed by atoms with Gasteiger partial charge in [-0.1, -0.05) is 11.8 Å². The number of thioether (sulfide) groups is 1. The number of nitrogens with zero attached hydrogens (tertiary/aromatic N) is 2. The van der Waals surface area contributed by atoms with Gasteiger partial charge in [-0.3, -0.25) is 10.5 Å². The molecule has 0 spiro atoms. The van der Waals surface area contributed by atoms with Gasteiger partial charge < -0.3 is 5.32 Å². The highest BCUT2D eigenvalue weighted by molar-refractivity contribution is 7.99. The minimum Gasteiger partial charge on any atom is -0.323 e. The average molecular weight is 346 g/mol. The lowest BCUT2D eigenvalue weighted by Gasteiger charge is -2.06. The fraction of sp³-hybridized carbons (Fsp3) is 0.0667. The van der Waals surface area contributed by atoms with Crippen molar-refractivity contribution in [2.45, 2.75) is 5.03 Å². The lowest BCUT2D eigenvalue weighted by Crippen LogP contribution is -2.20. The van der Waals surface area contributed by atoms with Crippen LogP contribution >= 0.6 is 11.8 Å². The summed E-state index contributed by atoms with van der Waals surface area (Å²) in [6.45, 7) is 0. The number of carbonyl (C=O) groups excluding carboxylic acids is 1. The molecule has 0 aliphatic rings. The van der Waals surface area contributed by atoms with E-state index in [2.05, 4.69) is 10.3 Å². The van der Waals surface area contributed by atoms with Gasteiger partial charge >= 0.3 is 0 Å². The Hall–Kier alpha value is -3.17. The van der Waals surface area contributed by atoms with Crippen LogP contribution in [0.15, 0.2) is 29.3 Å². The van der Waals surface area contributed by atoms with Crippen LogP contribution in [0.3, 0.4) is 0 Å². The number of hydrogen-bond donors (Lipinski definition) is 2. The predicted octanol–water partition coefficient (Wildman–Crippen LogP) is 1.84. The molecule has 0 atom stereocenters. The SMILES string of the molecule is N#Cc1cc(C#N)c(SCC(=O)Nc2cc(F)ccc2F)[nH+]c1N. The van der Waals surface area contributed by atoms with Crippen molar-refractivity contribution in [2.24, 2.45) is 0 Å². The zero-order valence-corrected chi connectivity index (χ0v) is 12.9. The van der Waals surface area contributed by atoms with Crippen LogP contribution in [0.1, 0.15) is 11.1 Å². The van der Waals surface area contributed by atoms with Crippen molar-refractivity contribution in [1.82, 2.24) is 0 Å². The van der Waals surface area contributed by atoms with E-state index in [1.54, 1.807) is 0 Å². The highest BCUT2D eigenvalue weighted by atomic mass is 32.2. The Bertz CT molecular complexity index is 889. The second kappa shape index (κ2) is 7.40. The number of nitrogens with one attached hydrogen (secondary N) is 2. The fourth-order valence-electron chi connectivity index (χ4n) is 1.75. The first-order valence-corrected chi connectivity index (χ1v) is 7.47. The molecule has 1 aromatic carbocycles. The third kappa shape index (κ3) is 3.97. The quantitative estimate of drug-likeness (QED) is 0.819. The zero-order chi connectivity index (χ0) is 17.7. The van der Waals surface area contributed by atoms with Crippen molar-refractivity contribution in [3.8, 4) is 12.1 Å². The highest BCUT2D eigenvalue weighted by Crippen LogP contribution is 2.21. The summed E-state index contributed by atoms with van der Waals surface area (Å²) in [5.41, 5.74) is 5.62. The molecule has 0 aliphatic carbocycles. The number of H-pyrrole nitrogens is 1. The molecule has 4 N–H and O–H groups in total. The van der Waals surface area contributed by atoms with Crippen LogP contribution in [0.2, 0.25) is 0 Å². The molecule has 2 rings (SSSR count). The first-order chi connectivity index (χ1) is 11.4. The summed E-state index contributed by atoms with van der Waals surface area (Å²) in [6.07, 6.45) is 0. The average Bonchev–Trinajstić information content (AvgIpc) is 2.56. The Balaban J connectivity index is 2.10. The van der Waals surface area contributed by atoms with Gasteiger partial charge in [0, 0.05) is 6.07 Å². The monoisotopic (exact) mass is 346 g/mol. The summed E-state index contributed by atoms with van der Waals surface area (Å²) in [6, 6.07) is 7.73. The Kier molecular flexibility index (Phi) is 5.30. The maximum absolute atomic E-state index is 13.5. The normalized spacial score (nSPS) is 9.83. The summed E-state index contributed by atoms with van der Waals surface area (Å²) in [7, 11) is 0. The molecule has 2 aromatic rings. The first-order valence-electron chi connectivity index (χ1n) is 6.48. The molecule has 1 heterocycles. The second-order valence-corrected chi connectivity index (χ2v) is 5.51. The topological polar surface area (TPSA) is 117 Å². The molecule has 24 heavy (non-hydrogen) atoms. The van der Waals surface area contributed by atoms with Gasteiger partial charge in [0.1, 0.15) is 34.9 Å². The maximum Gasteiger partial charge on any atom is 0.289 e. The zero-order valence-electron chi connectivity index (χ0n) is 12.1. The lowest BCUT2D eigenvalue weighted by molar-refractivity contribution is -0.410. The Morgan fingerprint density at radius 3 is 2.62 bits per heavy atom. The van der Waals surface area contributed by atoms with Gasteiger partial charge in [-0.15, -0.1) is 0 Å². The lowest BCUT2D eigenvalue weighted by atomic mass is 10.2. The molecule has 0 unspecified atom stereocenters. The smallest absolute Gasteiger partial charge is 0.289 e. The van der Waals surface area contributed by atoms with E-state index in [1.807, 2.05) is 12.1 Å². The van der Waals surface area contributed by atoms with Gasteiger partial charge in [-0.05, 0) is 18.2 Å². The molecule has 0 saturated carbocycles. The molecule has 0 saturated heterocycles. The van der Waals surface area contributed by atoms with Crippen LogP contribution < -0.4 is 16.0 Å². The van der Waals surface area contributed by atoms with Crippen LogP contribution in [0.25, 0.3) is 0 Å². The van der Waals surface area contributed by atoms with Crippen molar-refractivity contribution in [2.75, 3.05) is 16.8 Å². The summed E-state index contributed by atoms with van der Waals surface area (Å²) < 4.78 is 26.5. The van der Waals surface area contributed by atoms with Crippen molar-refractivity contribution >= 4 is 29.2 Å². The molecule has 0 fully saturated rings. The number of anilines is 2. The number of carbonyl (C=O) groups is 1. The number of rotatable bonds is 4. The molecule has 9 heteroatoms. The number of halogens is 2. The third-order valence-electron chi connectivity index (χ3n) is 2.86. The van der Waals surface area contributed by atoms with Gasteiger partial charge in [0.2, 0.25) is 5.91 Å². The number of amides is 1. The van der Waals surface area contributed by atoms with Gasteiger partial charge in [0.15, 0.2) is 5.03 Å². The molecule has 0 aliphatic heterocycles. The van der Waals surface area contributed by atoms with Gasteiger partial charge in [0.25, 0.3) is 5.82 Å². The van der Waals surface area contributed by atoms with Crippen molar-refractivity contribution in [3.05, 3.63) is 47.0 Å². The number of nitrogens with two attached hydrogens (primary N) is 1. The molecule has 0 bridgehead atoms. The maximum atomic E-state index is 13.5. The molecular weight excluding hydrogens is 336 g/mol. The van der Waals surface area contributed by atoms with Crippen molar-refractivity contribution < 1.29 is 18.6 Å². The number of nitriles is 2.